The van der Waals surface area contributed by atoms with E-state index in [4.69, 9.17) is 4.74 Å². The van der Waals surface area contributed by atoms with Crippen LogP contribution in [0.4, 0.5) is 0 Å². The second kappa shape index (κ2) is 8.39. The highest BCUT2D eigenvalue weighted by Gasteiger charge is 2.19. The molecule has 0 unspecified atom stereocenters. The molecule has 0 spiro atoms. The van der Waals surface area contributed by atoms with Crippen molar-refractivity contribution in [2.24, 2.45) is 0 Å². The summed E-state index contributed by atoms with van der Waals surface area (Å²) in [5.41, 5.74) is 0. The van der Waals surface area contributed by atoms with Crippen LogP contribution in [0.15, 0.2) is 29.2 Å². The van der Waals surface area contributed by atoms with Gasteiger partial charge in [0.2, 0.25) is 0 Å². The van der Waals surface area contributed by atoms with E-state index in [1.807, 2.05) is 19.9 Å². The highest BCUT2D eigenvalue weighted by Crippen LogP contribution is 2.22. The number of ether oxygens (including phenoxy) is 1. The zero-order chi connectivity index (χ0) is 15.9. The molecule has 0 radical (unpaired) electrons. The third-order valence-corrected chi connectivity index (χ3v) is 5.25. The zero-order valence-corrected chi connectivity index (χ0v) is 14.3. The maximum Gasteiger partial charge on any atom is 0.178 e. The number of hydrogen-bond acceptors (Lipinski definition) is 4. The molecule has 1 aromatic carbocycles. The van der Waals surface area contributed by atoms with Crippen molar-refractivity contribution in [1.29, 1.82) is 0 Å². The standard InChI is InChI=1S/C14H21NO3S.C2H6/c1-3-19(16,17)14-6-4-5-13(11-14)18-12-7-9-15(2)10-8-12;1-2/h4-6,11-12H,3,7-10H2,1-2H3;1-2H3. The zero-order valence-electron chi connectivity index (χ0n) is 13.5. The first-order valence-corrected chi connectivity index (χ1v) is 9.34. The van der Waals surface area contributed by atoms with Gasteiger partial charge in [0.25, 0.3) is 0 Å². The van der Waals surface area contributed by atoms with E-state index in [1.54, 1.807) is 25.1 Å². The number of hydrogen-bond donors (Lipinski definition) is 0. The van der Waals surface area contributed by atoms with Crippen molar-refractivity contribution in [2.45, 2.75) is 44.6 Å². The molecule has 4 nitrogen and oxygen atoms in total. The summed E-state index contributed by atoms with van der Waals surface area (Å²) in [6.45, 7) is 7.70. The molecule has 2 rings (SSSR count). The monoisotopic (exact) mass is 313 g/mol. The van der Waals surface area contributed by atoms with Gasteiger partial charge < -0.3 is 9.64 Å². The molecule has 1 aliphatic heterocycles. The minimum atomic E-state index is -3.16. The van der Waals surface area contributed by atoms with E-state index in [-0.39, 0.29) is 11.9 Å². The van der Waals surface area contributed by atoms with Crippen LogP contribution in [0.1, 0.15) is 33.6 Å². The molecule has 120 valence electrons. The summed E-state index contributed by atoms with van der Waals surface area (Å²) in [4.78, 5) is 2.62. The number of likely N-dealkylation sites (tertiary alicyclic amines) is 1. The minimum Gasteiger partial charge on any atom is -0.490 e. The van der Waals surface area contributed by atoms with Crippen LogP contribution in [0.3, 0.4) is 0 Å². The Morgan fingerprint density at radius 2 is 1.86 bits per heavy atom. The van der Waals surface area contributed by atoms with Gasteiger partial charge in [0.15, 0.2) is 9.84 Å². The Morgan fingerprint density at radius 1 is 1.24 bits per heavy atom. The Labute approximate surface area is 129 Å². The van der Waals surface area contributed by atoms with Crippen molar-refractivity contribution in [2.75, 3.05) is 25.9 Å². The first kappa shape index (κ1) is 18.0. The number of nitrogens with zero attached hydrogens (tertiary/aromatic N) is 1. The molecule has 0 atom stereocenters. The van der Waals surface area contributed by atoms with Gasteiger partial charge in [-0.25, -0.2) is 8.42 Å². The summed E-state index contributed by atoms with van der Waals surface area (Å²) in [7, 11) is -1.06. The van der Waals surface area contributed by atoms with Gasteiger partial charge in [0.05, 0.1) is 10.6 Å². The van der Waals surface area contributed by atoms with Gasteiger partial charge in [-0.2, -0.15) is 0 Å². The molecule has 0 aromatic heterocycles. The fraction of sp³-hybridized carbons (Fsp3) is 0.625. The lowest BCUT2D eigenvalue weighted by molar-refractivity contribution is 0.114. The molecule has 0 saturated carbocycles. The molecule has 1 aliphatic rings. The maximum absolute atomic E-state index is 11.8. The molecular weight excluding hydrogens is 286 g/mol. The molecule has 1 fully saturated rings. The molecule has 0 aliphatic carbocycles. The lowest BCUT2D eigenvalue weighted by Crippen LogP contribution is -2.35. The molecule has 5 heteroatoms. The van der Waals surface area contributed by atoms with Crippen molar-refractivity contribution in [3.8, 4) is 5.75 Å². The van der Waals surface area contributed by atoms with E-state index in [1.165, 1.54) is 0 Å². The smallest absolute Gasteiger partial charge is 0.178 e. The van der Waals surface area contributed by atoms with Crippen molar-refractivity contribution >= 4 is 9.84 Å². The number of rotatable bonds is 4. The van der Waals surface area contributed by atoms with Gasteiger partial charge in [0, 0.05) is 13.1 Å². The summed E-state index contributed by atoms with van der Waals surface area (Å²) < 4.78 is 29.5. The predicted octanol–water partition coefficient (Wildman–Crippen LogP) is 2.98. The summed E-state index contributed by atoms with van der Waals surface area (Å²) in [5.74, 6) is 0.772. The summed E-state index contributed by atoms with van der Waals surface area (Å²) >= 11 is 0. The fourth-order valence-electron chi connectivity index (χ4n) is 2.20. The van der Waals surface area contributed by atoms with Crippen molar-refractivity contribution in [1.82, 2.24) is 4.90 Å². The highest BCUT2D eigenvalue weighted by molar-refractivity contribution is 7.91. The van der Waals surface area contributed by atoms with Gasteiger partial charge in [-0.1, -0.05) is 26.8 Å². The van der Waals surface area contributed by atoms with Gasteiger partial charge >= 0.3 is 0 Å². The van der Waals surface area contributed by atoms with Crippen LogP contribution < -0.4 is 4.74 Å². The molecule has 21 heavy (non-hydrogen) atoms. The molecule has 1 aromatic rings. The van der Waals surface area contributed by atoms with Crippen LogP contribution in [-0.4, -0.2) is 45.3 Å². The average Bonchev–Trinajstić information content (AvgIpc) is 2.52. The number of piperidine rings is 1. The van der Waals surface area contributed by atoms with Gasteiger partial charge in [-0.05, 0) is 38.1 Å². The van der Waals surface area contributed by atoms with Crippen molar-refractivity contribution in [3.05, 3.63) is 24.3 Å². The van der Waals surface area contributed by atoms with Gasteiger partial charge in [0.1, 0.15) is 11.9 Å². The third-order valence-electron chi connectivity index (χ3n) is 3.51. The Hall–Kier alpha value is -1.07. The third kappa shape index (κ3) is 5.32. The molecule has 0 amide bonds. The fourth-order valence-corrected chi connectivity index (χ4v) is 3.12. The molecule has 0 bridgehead atoms. The van der Waals surface area contributed by atoms with Gasteiger partial charge in [-0.15, -0.1) is 0 Å². The van der Waals surface area contributed by atoms with E-state index in [2.05, 4.69) is 11.9 Å². The molecule has 1 heterocycles. The SMILES string of the molecule is CC.CCS(=O)(=O)c1cccc(OC2CCN(C)CC2)c1. The quantitative estimate of drug-likeness (QED) is 0.857. The Morgan fingerprint density at radius 3 is 2.43 bits per heavy atom. The summed E-state index contributed by atoms with van der Waals surface area (Å²) in [6, 6.07) is 6.83. The van der Waals surface area contributed by atoms with Gasteiger partial charge in [-0.3, -0.25) is 0 Å². The summed E-state index contributed by atoms with van der Waals surface area (Å²) in [6.07, 6.45) is 2.17. The topological polar surface area (TPSA) is 46.6 Å². The van der Waals surface area contributed by atoms with E-state index >= 15 is 0 Å². The Kier molecular flexibility index (Phi) is 7.18. The van der Waals surface area contributed by atoms with Crippen molar-refractivity contribution in [3.63, 3.8) is 0 Å². The van der Waals surface area contributed by atoms with Crippen LogP contribution in [0, 0.1) is 0 Å². The maximum atomic E-state index is 11.8. The second-order valence-corrected chi connectivity index (χ2v) is 7.28. The Balaban J connectivity index is 0.00000106. The average molecular weight is 313 g/mol. The van der Waals surface area contributed by atoms with E-state index in [9.17, 15) is 8.42 Å². The lowest BCUT2D eigenvalue weighted by atomic mass is 10.1. The van der Waals surface area contributed by atoms with Crippen LogP contribution in [0.25, 0.3) is 0 Å². The van der Waals surface area contributed by atoms with Crippen LogP contribution in [-0.2, 0) is 9.84 Å². The minimum absolute atomic E-state index is 0.116. The van der Waals surface area contributed by atoms with E-state index in [0.717, 1.165) is 25.9 Å². The van der Waals surface area contributed by atoms with Crippen LogP contribution in [0.2, 0.25) is 0 Å². The lowest BCUT2D eigenvalue weighted by Gasteiger charge is -2.29. The molecule has 0 N–H and O–H groups in total. The highest BCUT2D eigenvalue weighted by atomic mass is 32.2. The number of benzene rings is 1. The normalized spacial score (nSPS) is 17.0. The summed E-state index contributed by atoms with van der Waals surface area (Å²) in [5, 5.41) is 0. The number of sulfone groups is 1. The first-order valence-electron chi connectivity index (χ1n) is 7.69. The first-order chi connectivity index (χ1) is 10.0. The van der Waals surface area contributed by atoms with Crippen LogP contribution >= 0.6 is 0 Å². The second-order valence-electron chi connectivity index (χ2n) is 5.00. The molecular formula is C16H27NO3S. The van der Waals surface area contributed by atoms with E-state index in [0.29, 0.717) is 10.6 Å². The van der Waals surface area contributed by atoms with E-state index < -0.39 is 9.84 Å². The molecule has 1 saturated heterocycles. The largest absolute Gasteiger partial charge is 0.490 e. The predicted molar refractivity (Wildman–Crippen MR) is 86.7 cm³/mol. The van der Waals surface area contributed by atoms with Crippen molar-refractivity contribution < 1.29 is 13.2 Å². The Bertz CT molecular complexity index is 520. The van der Waals surface area contributed by atoms with Crippen LogP contribution in [0.5, 0.6) is 5.75 Å².